The predicted octanol–water partition coefficient (Wildman–Crippen LogP) is 0.123. The first kappa shape index (κ1) is 14.4. The van der Waals surface area contributed by atoms with Gasteiger partial charge in [-0.25, -0.2) is 0 Å². The standard InChI is InChI=1S/C15H15N3O3/c1-21-11-8-6-10(7-9-11)15(19)17-13-5-3-2-4-12(13)14(16)18-20/h2-9,20H,1H3,(H2,16,18)(H,17,19)/p+1. The van der Waals surface area contributed by atoms with Crippen LogP contribution in [0.2, 0.25) is 0 Å². The Balaban J connectivity index is 2.23. The summed E-state index contributed by atoms with van der Waals surface area (Å²) in [6.07, 6.45) is 0. The van der Waals surface area contributed by atoms with E-state index in [0.29, 0.717) is 22.6 Å². The van der Waals surface area contributed by atoms with E-state index in [1.165, 1.54) is 0 Å². The molecule has 2 aromatic carbocycles. The molecule has 0 bridgehead atoms. The van der Waals surface area contributed by atoms with Gasteiger partial charge in [0, 0.05) is 5.56 Å². The van der Waals surface area contributed by atoms with Crippen molar-refractivity contribution in [2.75, 3.05) is 12.4 Å². The molecule has 0 heterocycles. The van der Waals surface area contributed by atoms with Gasteiger partial charge in [-0.3, -0.25) is 10.5 Å². The van der Waals surface area contributed by atoms with Crippen LogP contribution in [0, 0.1) is 0 Å². The molecule has 0 radical (unpaired) electrons. The molecule has 108 valence electrons. The smallest absolute Gasteiger partial charge is 0.313 e. The Morgan fingerprint density at radius 1 is 1.19 bits per heavy atom. The number of carbonyl (C=O) groups excluding carboxylic acids is 1. The summed E-state index contributed by atoms with van der Waals surface area (Å²) in [4.78, 5) is 12.2. The third-order valence-corrected chi connectivity index (χ3v) is 2.94. The van der Waals surface area contributed by atoms with Crippen molar-refractivity contribution >= 4 is 17.4 Å². The number of anilines is 1. The number of amidine groups is 1. The van der Waals surface area contributed by atoms with Crippen molar-refractivity contribution in [3.8, 4) is 5.75 Å². The summed E-state index contributed by atoms with van der Waals surface area (Å²) < 4.78 is 5.04. The fourth-order valence-electron chi connectivity index (χ4n) is 1.82. The number of carbonyl (C=O) groups is 1. The van der Waals surface area contributed by atoms with E-state index in [0.717, 1.165) is 0 Å². The lowest BCUT2D eigenvalue weighted by molar-refractivity contribution is -0.737. The molecule has 6 heteroatoms. The number of amides is 1. The van der Waals surface area contributed by atoms with Gasteiger partial charge in [0.05, 0.1) is 18.4 Å². The van der Waals surface area contributed by atoms with Crippen LogP contribution in [-0.2, 0) is 0 Å². The van der Waals surface area contributed by atoms with E-state index >= 15 is 0 Å². The molecule has 6 nitrogen and oxygen atoms in total. The highest BCUT2D eigenvalue weighted by Crippen LogP contribution is 2.16. The molecule has 0 saturated heterocycles. The molecule has 5 N–H and O–H groups in total. The van der Waals surface area contributed by atoms with Gasteiger partial charge < -0.3 is 15.3 Å². The second-order valence-electron chi connectivity index (χ2n) is 4.25. The monoisotopic (exact) mass is 286 g/mol. The SMILES string of the molecule is COc1ccc(C(=O)Nc2ccccc2C(N)=[NH+]O)cc1. The molecule has 0 aliphatic heterocycles. The summed E-state index contributed by atoms with van der Waals surface area (Å²) in [5.74, 6) is 0.450. The fourth-order valence-corrected chi connectivity index (χ4v) is 1.82. The number of methoxy groups -OCH3 is 1. The number of hydrogen-bond acceptors (Lipinski definition) is 3. The molecule has 0 atom stereocenters. The van der Waals surface area contributed by atoms with E-state index in [4.69, 9.17) is 15.7 Å². The lowest BCUT2D eigenvalue weighted by Gasteiger charge is -2.08. The van der Waals surface area contributed by atoms with Gasteiger partial charge in [0.25, 0.3) is 5.91 Å². The van der Waals surface area contributed by atoms with Crippen LogP contribution in [0.1, 0.15) is 15.9 Å². The third-order valence-electron chi connectivity index (χ3n) is 2.94. The fraction of sp³-hybridized carbons (Fsp3) is 0.0667. The first-order chi connectivity index (χ1) is 10.2. The number of nitrogens with one attached hydrogen (secondary N) is 2. The average molecular weight is 286 g/mol. The van der Waals surface area contributed by atoms with Crippen LogP contribution in [0.4, 0.5) is 5.69 Å². The van der Waals surface area contributed by atoms with Crippen LogP contribution < -0.4 is 20.9 Å². The average Bonchev–Trinajstić information content (AvgIpc) is 2.54. The molecule has 0 spiro atoms. The van der Waals surface area contributed by atoms with Crippen molar-refractivity contribution in [1.82, 2.24) is 0 Å². The topological polar surface area (TPSA) is 98.5 Å². The number of para-hydroxylation sites is 1. The van der Waals surface area contributed by atoms with Gasteiger partial charge in [0.15, 0.2) is 0 Å². The molecule has 21 heavy (non-hydrogen) atoms. The van der Waals surface area contributed by atoms with Crippen LogP contribution in [0.3, 0.4) is 0 Å². The third kappa shape index (κ3) is 3.30. The minimum absolute atomic E-state index is 0.0561. The molecule has 0 fully saturated rings. The van der Waals surface area contributed by atoms with Gasteiger partial charge in [0.2, 0.25) is 0 Å². The van der Waals surface area contributed by atoms with Crippen LogP contribution >= 0.6 is 0 Å². The molecule has 0 aromatic heterocycles. The minimum atomic E-state index is -0.282. The van der Waals surface area contributed by atoms with Crippen molar-refractivity contribution in [1.29, 1.82) is 0 Å². The molecule has 1 amide bonds. The first-order valence-electron chi connectivity index (χ1n) is 6.23. The highest BCUT2D eigenvalue weighted by Gasteiger charge is 2.13. The quantitative estimate of drug-likeness (QED) is 0.278. The van der Waals surface area contributed by atoms with Crippen LogP contribution in [0.5, 0.6) is 5.75 Å². The Morgan fingerprint density at radius 2 is 1.86 bits per heavy atom. The van der Waals surface area contributed by atoms with Gasteiger partial charge in [-0.1, -0.05) is 17.3 Å². The van der Waals surface area contributed by atoms with Crippen LogP contribution in [-0.4, -0.2) is 24.1 Å². The molecule has 0 aliphatic carbocycles. The Morgan fingerprint density at radius 3 is 2.48 bits per heavy atom. The number of benzene rings is 2. The van der Waals surface area contributed by atoms with Crippen molar-refractivity contribution in [3.05, 3.63) is 59.7 Å². The summed E-state index contributed by atoms with van der Waals surface area (Å²) in [7, 11) is 1.56. The lowest BCUT2D eigenvalue weighted by atomic mass is 10.1. The molecular weight excluding hydrogens is 270 g/mol. The van der Waals surface area contributed by atoms with E-state index in [2.05, 4.69) is 5.32 Å². The zero-order valence-electron chi connectivity index (χ0n) is 11.5. The summed E-state index contributed by atoms with van der Waals surface area (Å²) in [6, 6.07) is 13.6. The number of rotatable bonds is 4. The normalized spacial score (nSPS) is 11.0. The van der Waals surface area contributed by atoms with Gasteiger partial charge in [-0.05, 0) is 36.4 Å². The lowest BCUT2D eigenvalue weighted by Crippen LogP contribution is -2.71. The summed E-state index contributed by atoms with van der Waals surface area (Å²) in [6.45, 7) is 0. The van der Waals surface area contributed by atoms with E-state index in [-0.39, 0.29) is 11.7 Å². The van der Waals surface area contributed by atoms with E-state index in [1.54, 1.807) is 55.6 Å². The Hall–Kier alpha value is -3.02. The maximum atomic E-state index is 12.2. The van der Waals surface area contributed by atoms with E-state index in [9.17, 15) is 4.79 Å². The van der Waals surface area contributed by atoms with Gasteiger partial charge in [-0.15, -0.1) is 0 Å². The maximum absolute atomic E-state index is 12.2. The van der Waals surface area contributed by atoms with E-state index < -0.39 is 0 Å². The van der Waals surface area contributed by atoms with Gasteiger partial charge in [-0.2, -0.15) is 0 Å². The van der Waals surface area contributed by atoms with Gasteiger partial charge in [0.1, 0.15) is 5.75 Å². The highest BCUT2D eigenvalue weighted by atomic mass is 16.5. The first-order valence-corrected chi connectivity index (χ1v) is 6.23. The van der Waals surface area contributed by atoms with Crippen molar-refractivity contribution in [2.24, 2.45) is 5.73 Å². The highest BCUT2D eigenvalue weighted by molar-refractivity contribution is 6.08. The van der Waals surface area contributed by atoms with Crippen LogP contribution in [0.25, 0.3) is 0 Å². The zero-order chi connectivity index (χ0) is 15.2. The second kappa shape index (κ2) is 6.42. The number of ether oxygens (including phenoxy) is 1. The molecule has 2 aromatic rings. The number of nitrogen functional groups attached to an aromatic ring is 1. The molecular formula is C15H16N3O3+. The van der Waals surface area contributed by atoms with Crippen molar-refractivity contribution in [3.63, 3.8) is 0 Å². The predicted molar refractivity (Wildman–Crippen MR) is 78.4 cm³/mol. The Labute approximate surface area is 121 Å². The minimum Gasteiger partial charge on any atom is -0.497 e. The van der Waals surface area contributed by atoms with Crippen molar-refractivity contribution < 1.29 is 19.9 Å². The molecule has 2 rings (SSSR count). The zero-order valence-corrected chi connectivity index (χ0v) is 11.5. The van der Waals surface area contributed by atoms with Gasteiger partial charge >= 0.3 is 5.84 Å². The second-order valence-corrected chi connectivity index (χ2v) is 4.25. The molecule has 0 saturated carbocycles. The summed E-state index contributed by atoms with van der Waals surface area (Å²) >= 11 is 0. The summed E-state index contributed by atoms with van der Waals surface area (Å²) in [5, 5.41) is 13.5. The van der Waals surface area contributed by atoms with E-state index in [1.807, 2.05) is 5.16 Å². The number of hydrogen-bond donors (Lipinski definition) is 4. The largest absolute Gasteiger partial charge is 0.497 e. The van der Waals surface area contributed by atoms with Crippen LogP contribution in [0.15, 0.2) is 48.5 Å². The molecule has 0 unspecified atom stereocenters. The van der Waals surface area contributed by atoms with Crippen molar-refractivity contribution in [2.45, 2.75) is 0 Å². The summed E-state index contributed by atoms with van der Waals surface area (Å²) in [5.41, 5.74) is 7.12. The maximum Gasteiger partial charge on any atom is 0.313 e. The Kier molecular flexibility index (Phi) is 4.40. The number of nitrogens with two attached hydrogens (primary N) is 1. The Bertz CT molecular complexity index is 666. The molecule has 0 aliphatic rings.